The maximum Gasteiger partial charge on any atom is 0.274 e. The van der Waals surface area contributed by atoms with Gasteiger partial charge in [-0.25, -0.2) is 9.97 Å². The highest BCUT2D eigenvalue weighted by Gasteiger charge is 2.14. The summed E-state index contributed by atoms with van der Waals surface area (Å²) in [7, 11) is 0. The van der Waals surface area contributed by atoms with Crippen LogP contribution in [-0.2, 0) is 0 Å². The van der Waals surface area contributed by atoms with Crippen LogP contribution in [0.4, 0.5) is 11.5 Å². The quantitative estimate of drug-likeness (QED) is 0.876. The van der Waals surface area contributed by atoms with E-state index in [4.69, 9.17) is 0 Å². The number of hydrogen-bond donors (Lipinski definition) is 2. The average Bonchev–Trinajstić information content (AvgIpc) is 2.46. The maximum atomic E-state index is 12.5. The van der Waals surface area contributed by atoms with E-state index in [0.717, 1.165) is 11.3 Å². The second-order valence-electron chi connectivity index (χ2n) is 6.18. The second kappa shape index (κ2) is 7.22. The summed E-state index contributed by atoms with van der Waals surface area (Å²) in [6, 6.07) is 9.75. The molecule has 2 N–H and O–H groups in total. The molecule has 1 aromatic heterocycles. The highest BCUT2D eigenvalue weighted by molar-refractivity contribution is 6.03. The van der Waals surface area contributed by atoms with Gasteiger partial charge in [0.2, 0.25) is 0 Å². The van der Waals surface area contributed by atoms with Crippen molar-refractivity contribution in [3.63, 3.8) is 0 Å². The molecule has 0 unspecified atom stereocenters. The van der Waals surface area contributed by atoms with Crippen molar-refractivity contribution in [3.05, 3.63) is 47.4 Å². The first-order valence-corrected chi connectivity index (χ1v) is 7.89. The fourth-order valence-corrected chi connectivity index (χ4v) is 2.35. The zero-order valence-electron chi connectivity index (χ0n) is 14.3. The number of aryl methyl sites for hydroxylation is 1. The summed E-state index contributed by atoms with van der Waals surface area (Å²) in [5.74, 6) is 1.33. The molecule has 0 atom stereocenters. The molecule has 0 fully saturated rings. The normalized spacial score (nSPS) is 10.9. The number of benzene rings is 1. The molecule has 23 heavy (non-hydrogen) atoms. The van der Waals surface area contributed by atoms with Crippen molar-refractivity contribution in [2.45, 2.75) is 46.6 Å². The number of amides is 1. The molecule has 0 spiro atoms. The van der Waals surface area contributed by atoms with Gasteiger partial charge in [-0.1, -0.05) is 32.0 Å². The van der Waals surface area contributed by atoms with Gasteiger partial charge in [0.05, 0.1) is 0 Å². The largest absolute Gasteiger partial charge is 0.368 e. The van der Waals surface area contributed by atoms with Gasteiger partial charge in [-0.2, -0.15) is 0 Å². The molecule has 1 amide bonds. The summed E-state index contributed by atoms with van der Waals surface area (Å²) in [6.45, 7) is 10.0. The van der Waals surface area contributed by atoms with Gasteiger partial charge in [0.25, 0.3) is 5.91 Å². The minimum absolute atomic E-state index is 0.226. The van der Waals surface area contributed by atoms with Crippen molar-refractivity contribution in [2.75, 3.05) is 10.6 Å². The van der Waals surface area contributed by atoms with Crippen molar-refractivity contribution in [1.82, 2.24) is 9.97 Å². The van der Waals surface area contributed by atoms with Crippen molar-refractivity contribution < 1.29 is 4.79 Å². The predicted octanol–water partition coefficient (Wildman–Crippen LogP) is 3.98. The zero-order valence-corrected chi connectivity index (χ0v) is 14.3. The number of nitrogens with one attached hydrogen (secondary N) is 2. The lowest BCUT2D eigenvalue weighted by atomic mass is 10.0. The van der Waals surface area contributed by atoms with Crippen LogP contribution in [0.5, 0.6) is 0 Å². The fourth-order valence-electron chi connectivity index (χ4n) is 2.35. The first-order valence-electron chi connectivity index (χ1n) is 7.89. The summed E-state index contributed by atoms with van der Waals surface area (Å²) < 4.78 is 0. The minimum atomic E-state index is -0.226. The molecular weight excluding hydrogens is 288 g/mol. The van der Waals surface area contributed by atoms with E-state index in [9.17, 15) is 4.79 Å². The van der Waals surface area contributed by atoms with E-state index >= 15 is 0 Å². The molecule has 0 aliphatic carbocycles. The van der Waals surface area contributed by atoms with Gasteiger partial charge in [0.15, 0.2) is 0 Å². The van der Waals surface area contributed by atoms with Crippen LogP contribution in [0.3, 0.4) is 0 Å². The second-order valence-corrected chi connectivity index (χ2v) is 6.18. The molecule has 122 valence electrons. The Labute approximate surface area is 137 Å². The molecule has 5 heteroatoms. The molecule has 1 aromatic carbocycles. The smallest absolute Gasteiger partial charge is 0.274 e. The summed E-state index contributed by atoms with van der Waals surface area (Å²) in [5, 5.41) is 6.16. The number of anilines is 2. The highest BCUT2D eigenvalue weighted by Crippen LogP contribution is 2.24. The van der Waals surface area contributed by atoms with E-state index in [-0.39, 0.29) is 11.9 Å². The average molecular weight is 312 g/mol. The minimum Gasteiger partial charge on any atom is -0.368 e. The molecule has 1 heterocycles. The fraction of sp³-hybridized carbons (Fsp3) is 0.389. The van der Waals surface area contributed by atoms with Crippen LogP contribution in [0.25, 0.3) is 0 Å². The lowest BCUT2D eigenvalue weighted by molar-refractivity contribution is 0.102. The molecule has 0 bridgehead atoms. The summed E-state index contributed by atoms with van der Waals surface area (Å²) in [6.07, 6.45) is 0. The predicted molar refractivity (Wildman–Crippen MR) is 94.0 cm³/mol. The van der Waals surface area contributed by atoms with Crippen LogP contribution in [0, 0.1) is 6.92 Å². The molecular formula is C18H24N4O. The Morgan fingerprint density at radius 2 is 1.78 bits per heavy atom. The van der Waals surface area contributed by atoms with E-state index in [1.54, 1.807) is 13.0 Å². The number of carbonyl (C=O) groups is 1. The summed E-state index contributed by atoms with van der Waals surface area (Å²) in [4.78, 5) is 21.1. The Morgan fingerprint density at radius 3 is 2.43 bits per heavy atom. The number of rotatable bonds is 5. The Morgan fingerprint density at radius 1 is 1.09 bits per heavy atom. The van der Waals surface area contributed by atoms with Crippen molar-refractivity contribution in [2.24, 2.45) is 0 Å². The third kappa shape index (κ3) is 4.52. The number of aromatic nitrogens is 2. The van der Waals surface area contributed by atoms with E-state index < -0.39 is 0 Å². The number of carbonyl (C=O) groups excluding carboxylic acids is 1. The number of nitrogens with zero attached hydrogens (tertiary/aromatic N) is 2. The third-order valence-electron chi connectivity index (χ3n) is 3.34. The van der Waals surface area contributed by atoms with Crippen molar-refractivity contribution in [3.8, 4) is 0 Å². The Hall–Kier alpha value is -2.43. The topological polar surface area (TPSA) is 66.9 Å². The summed E-state index contributed by atoms with van der Waals surface area (Å²) in [5.41, 5.74) is 2.29. The lowest BCUT2D eigenvalue weighted by Gasteiger charge is -2.14. The molecule has 5 nitrogen and oxygen atoms in total. The molecule has 2 rings (SSSR count). The molecule has 2 aromatic rings. The summed E-state index contributed by atoms with van der Waals surface area (Å²) >= 11 is 0. The van der Waals surface area contributed by atoms with Crippen LogP contribution in [0.15, 0.2) is 30.3 Å². The van der Waals surface area contributed by atoms with Gasteiger partial charge in [0, 0.05) is 17.8 Å². The monoisotopic (exact) mass is 312 g/mol. The van der Waals surface area contributed by atoms with Crippen molar-refractivity contribution >= 4 is 17.4 Å². The molecule has 0 radical (unpaired) electrons. The first kappa shape index (κ1) is 16.9. The van der Waals surface area contributed by atoms with Gasteiger partial charge in [0.1, 0.15) is 17.3 Å². The van der Waals surface area contributed by atoms with Gasteiger partial charge >= 0.3 is 0 Å². The van der Waals surface area contributed by atoms with E-state index in [0.29, 0.717) is 23.3 Å². The van der Waals surface area contributed by atoms with E-state index in [1.807, 2.05) is 38.1 Å². The number of hydrogen-bond acceptors (Lipinski definition) is 4. The van der Waals surface area contributed by atoms with Gasteiger partial charge < -0.3 is 10.6 Å². The molecule has 0 saturated carbocycles. The highest BCUT2D eigenvalue weighted by atomic mass is 16.1. The third-order valence-corrected chi connectivity index (χ3v) is 3.34. The Bertz CT molecular complexity index is 695. The van der Waals surface area contributed by atoms with Crippen molar-refractivity contribution in [1.29, 1.82) is 0 Å². The van der Waals surface area contributed by atoms with Crippen LogP contribution in [0.2, 0.25) is 0 Å². The standard InChI is InChI=1S/C18H24N4O/c1-11(2)14-8-6-7-9-15(14)22-18(23)16-10-17(19-12(3)4)21-13(5)20-16/h6-12H,1-5H3,(H,22,23)(H,19,20,21). The number of para-hydroxylation sites is 1. The van der Waals surface area contributed by atoms with Gasteiger partial charge in [-0.15, -0.1) is 0 Å². The van der Waals surface area contributed by atoms with E-state index in [2.05, 4.69) is 34.4 Å². The Kier molecular flexibility index (Phi) is 5.32. The van der Waals surface area contributed by atoms with Crippen LogP contribution in [0.1, 0.15) is 55.5 Å². The van der Waals surface area contributed by atoms with Crippen LogP contribution >= 0.6 is 0 Å². The molecule has 0 aliphatic heterocycles. The molecule has 0 aliphatic rings. The van der Waals surface area contributed by atoms with Crippen LogP contribution < -0.4 is 10.6 Å². The van der Waals surface area contributed by atoms with Crippen LogP contribution in [-0.4, -0.2) is 21.9 Å². The van der Waals surface area contributed by atoms with E-state index in [1.165, 1.54) is 0 Å². The van der Waals surface area contributed by atoms with Gasteiger partial charge in [-0.3, -0.25) is 4.79 Å². The first-order chi connectivity index (χ1) is 10.9. The molecule has 0 saturated heterocycles. The SMILES string of the molecule is Cc1nc(NC(C)C)cc(C(=O)Nc2ccccc2C(C)C)n1. The lowest BCUT2D eigenvalue weighted by Crippen LogP contribution is -2.18. The van der Waals surface area contributed by atoms with Gasteiger partial charge in [-0.05, 0) is 38.3 Å². The Balaban J connectivity index is 2.26. The zero-order chi connectivity index (χ0) is 17.0. The maximum absolute atomic E-state index is 12.5.